The van der Waals surface area contributed by atoms with Gasteiger partial charge < -0.3 is 14.2 Å². The number of esters is 3. The highest BCUT2D eigenvalue weighted by Crippen LogP contribution is 2.18. The van der Waals surface area contributed by atoms with Crippen LogP contribution in [0.4, 0.5) is 0 Å². The third kappa shape index (κ3) is 58.1. The van der Waals surface area contributed by atoms with Crippen molar-refractivity contribution < 1.29 is 28.6 Å². The number of unbranched alkanes of at least 4 members (excludes halogenated alkanes) is 38. The van der Waals surface area contributed by atoms with Gasteiger partial charge in [-0.15, -0.1) is 0 Å². The summed E-state index contributed by atoms with van der Waals surface area (Å²) in [6, 6.07) is 0. The Balaban J connectivity index is 4.25. The van der Waals surface area contributed by atoms with E-state index in [2.05, 4.69) is 69.4 Å². The molecule has 0 aliphatic rings. The van der Waals surface area contributed by atoms with Crippen LogP contribution in [0.15, 0.2) is 48.6 Å². The zero-order chi connectivity index (χ0) is 51.4. The molecule has 0 N–H and O–H groups in total. The standard InChI is InChI=1S/C65H118O6/c1-4-7-10-13-16-19-22-25-27-28-29-30-31-32-33-34-35-36-38-40-43-46-49-52-55-58-64(67)70-61-62(60-69-63(66)57-54-51-48-45-42-39-24-21-18-15-12-9-6-3)71-65(68)59-56-53-50-47-44-41-37-26-23-20-17-14-11-8-5-2/h8,11,17,20,26,37,44,47,62H,4-7,9-10,12-16,18-19,21-25,27-36,38-43,45-46,48-61H2,1-3H3/b11-8-,20-17-,37-26-,47-44-. The molecule has 0 aromatic heterocycles. The number of hydrogen-bond donors (Lipinski definition) is 0. The zero-order valence-electron chi connectivity index (χ0n) is 47.5. The van der Waals surface area contributed by atoms with E-state index in [1.54, 1.807) is 0 Å². The molecule has 0 aromatic carbocycles. The molecule has 0 aliphatic heterocycles. The van der Waals surface area contributed by atoms with E-state index in [4.69, 9.17) is 14.2 Å². The van der Waals surface area contributed by atoms with E-state index < -0.39 is 6.10 Å². The lowest BCUT2D eigenvalue weighted by atomic mass is 10.0. The van der Waals surface area contributed by atoms with E-state index in [1.165, 1.54) is 205 Å². The molecule has 6 nitrogen and oxygen atoms in total. The van der Waals surface area contributed by atoms with Crippen LogP contribution in [0.3, 0.4) is 0 Å². The Morgan fingerprint density at radius 2 is 0.549 bits per heavy atom. The highest BCUT2D eigenvalue weighted by molar-refractivity contribution is 5.71. The second-order valence-corrected chi connectivity index (χ2v) is 21.0. The summed E-state index contributed by atoms with van der Waals surface area (Å²) in [6.45, 7) is 6.54. The van der Waals surface area contributed by atoms with Crippen molar-refractivity contribution in [2.45, 2.75) is 335 Å². The molecule has 0 radical (unpaired) electrons. The van der Waals surface area contributed by atoms with E-state index in [1.807, 2.05) is 0 Å². The third-order valence-electron chi connectivity index (χ3n) is 13.8. The summed E-state index contributed by atoms with van der Waals surface area (Å²) in [5.41, 5.74) is 0. The molecule has 1 atom stereocenters. The van der Waals surface area contributed by atoms with Crippen LogP contribution >= 0.6 is 0 Å². The summed E-state index contributed by atoms with van der Waals surface area (Å²) >= 11 is 0. The SMILES string of the molecule is CC/C=C\C/C=C\C/C=C\C/C=C\CCCCC(=O)OC(COC(=O)CCCCCCCCCCCCCCC)COC(=O)CCCCCCCCCCCCCCCCCCCCCCCCCCC. The Bertz CT molecular complexity index is 1230. The van der Waals surface area contributed by atoms with Gasteiger partial charge in [0.15, 0.2) is 6.10 Å². The van der Waals surface area contributed by atoms with Crippen LogP contribution in [0.1, 0.15) is 329 Å². The van der Waals surface area contributed by atoms with Crippen molar-refractivity contribution in [3.05, 3.63) is 48.6 Å². The Hall–Kier alpha value is -2.63. The van der Waals surface area contributed by atoms with Gasteiger partial charge in [0.1, 0.15) is 13.2 Å². The lowest BCUT2D eigenvalue weighted by Gasteiger charge is -2.18. The van der Waals surface area contributed by atoms with Gasteiger partial charge in [-0.25, -0.2) is 0 Å². The molecule has 0 aromatic rings. The van der Waals surface area contributed by atoms with E-state index in [0.29, 0.717) is 19.3 Å². The van der Waals surface area contributed by atoms with Gasteiger partial charge >= 0.3 is 17.9 Å². The van der Waals surface area contributed by atoms with Gasteiger partial charge in [0.25, 0.3) is 0 Å². The number of ether oxygens (including phenoxy) is 3. The fourth-order valence-electron chi connectivity index (χ4n) is 9.20. The molecular weight excluding hydrogens is 877 g/mol. The summed E-state index contributed by atoms with van der Waals surface area (Å²) in [4.78, 5) is 38.2. The molecule has 414 valence electrons. The van der Waals surface area contributed by atoms with Crippen LogP contribution < -0.4 is 0 Å². The quantitative estimate of drug-likeness (QED) is 0.0261. The lowest BCUT2D eigenvalue weighted by Crippen LogP contribution is -2.30. The molecule has 0 bridgehead atoms. The molecule has 0 rings (SSSR count). The first-order chi connectivity index (χ1) is 35.0. The van der Waals surface area contributed by atoms with Crippen molar-refractivity contribution in [3.63, 3.8) is 0 Å². The van der Waals surface area contributed by atoms with Gasteiger partial charge in [-0.1, -0.05) is 301 Å². The third-order valence-corrected chi connectivity index (χ3v) is 13.8. The molecular formula is C65H118O6. The summed E-state index contributed by atoms with van der Waals surface area (Å²) in [6.07, 6.45) is 74.2. The van der Waals surface area contributed by atoms with E-state index in [0.717, 1.165) is 77.0 Å². The summed E-state index contributed by atoms with van der Waals surface area (Å²) in [5.74, 6) is -0.908. The normalized spacial score (nSPS) is 12.3. The maximum atomic E-state index is 12.8. The summed E-state index contributed by atoms with van der Waals surface area (Å²) in [7, 11) is 0. The highest BCUT2D eigenvalue weighted by Gasteiger charge is 2.19. The van der Waals surface area contributed by atoms with Gasteiger partial charge in [-0.05, 0) is 57.8 Å². The van der Waals surface area contributed by atoms with Crippen molar-refractivity contribution >= 4 is 17.9 Å². The number of hydrogen-bond acceptors (Lipinski definition) is 6. The van der Waals surface area contributed by atoms with E-state index in [9.17, 15) is 14.4 Å². The van der Waals surface area contributed by atoms with Crippen molar-refractivity contribution in [2.24, 2.45) is 0 Å². The number of carbonyl (C=O) groups is 3. The molecule has 0 spiro atoms. The second-order valence-electron chi connectivity index (χ2n) is 21.0. The minimum Gasteiger partial charge on any atom is -0.462 e. The topological polar surface area (TPSA) is 78.9 Å². The highest BCUT2D eigenvalue weighted by atomic mass is 16.6. The van der Waals surface area contributed by atoms with Crippen molar-refractivity contribution in [2.75, 3.05) is 13.2 Å². The average Bonchev–Trinajstić information content (AvgIpc) is 3.37. The lowest BCUT2D eigenvalue weighted by molar-refractivity contribution is -0.167. The van der Waals surface area contributed by atoms with Crippen molar-refractivity contribution in [3.8, 4) is 0 Å². The maximum absolute atomic E-state index is 12.8. The predicted octanol–water partition coefficient (Wildman–Crippen LogP) is 21.0. The Labute approximate surface area is 441 Å². The Kier molecular flexibility index (Phi) is 57.7. The number of allylic oxidation sites excluding steroid dienone is 8. The first-order valence-corrected chi connectivity index (χ1v) is 31.1. The largest absolute Gasteiger partial charge is 0.462 e. The molecule has 0 fully saturated rings. The van der Waals surface area contributed by atoms with Crippen LogP contribution in [0.25, 0.3) is 0 Å². The summed E-state index contributed by atoms with van der Waals surface area (Å²) < 4.78 is 16.9. The van der Waals surface area contributed by atoms with Gasteiger partial charge in [0.2, 0.25) is 0 Å². The molecule has 0 heterocycles. The Morgan fingerprint density at radius 3 is 0.859 bits per heavy atom. The predicted molar refractivity (Wildman–Crippen MR) is 307 cm³/mol. The molecule has 1 unspecified atom stereocenters. The minimum atomic E-state index is -0.791. The van der Waals surface area contributed by atoms with Crippen LogP contribution in [0, 0.1) is 0 Å². The zero-order valence-corrected chi connectivity index (χ0v) is 47.5. The van der Waals surface area contributed by atoms with Crippen molar-refractivity contribution in [1.82, 2.24) is 0 Å². The first kappa shape index (κ1) is 68.4. The monoisotopic (exact) mass is 995 g/mol. The smallest absolute Gasteiger partial charge is 0.306 e. The van der Waals surface area contributed by atoms with Crippen LogP contribution in [-0.2, 0) is 28.6 Å². The molecule has 0 saturated heterocycles. The van der Waals surface area contributed by atoms with Gasteiger partial charge in [-0.3, -0.25) is 14.4 Å². The Morgan fingerprint density at radius 1 is 0.296 bits per heavy atom. The molecule has 6 heteroatoms. The first-order valence-electron chi connectivity index (χ1n) is 31.1. The van der Waals surface area contributed by atoms with Crippen LogP contribution in [0.5, 0.6) is 0 Å². The number of carbonyl (C=O) groups excluding carboxylic acids is 3. The molecule has 71 heavy (non-hydrogen) atoms. The van der Waals surface area contributed by atoms with Crippen LogP contribution in [0.2, 0.25) is 0 Å². The summed E-state index contributed by atoms with van der Waals surface area (Å²) in [5, 5.41) is 0. The fraction of sp³-hybridized carbons (Fsp3) is 0.831. The molecule has 0 saturated carbocycles. The maximum Gasteiger partial charge on any atom is 0.306 e. The van der Waals surface area contributed by atoms with Crippen LogP contribution in [-0.4, -0.2) is 37.2 Å². The second kappa shape index (κ2) is 59.9. The van der Waals surface area contributed by atoms with Crippen molar-refractivity contribution in [1.29, 1.82) is 0 Å². The van der Waals surface area contributed by atoms with Gasteiger partial charge in [0.05, 0.1) is 0 Å². The van der Waals surface area contributed by atoms with E-state index >= 15 is 0 Å². The average molecular weight is 996 g/mol. The van der Waals surface area contributed by atoms with Gasteiger partial charge in [0, 0.05) is 19.3 Å². The number of rotatable bonds is 57. The minimum absolute atomic E-state index is 0.0853. The fourth-order valence-corrected chi connectivity index (χ4v) is 9.20. The molecule has 0 aliphatic carbocycles. The van der Waals surface area contributed by atoms with Gasteiger partial charge in [-0.2, -0.15) is 0 Å². The molecule has 0 amide bonds. The van der Waals surface area contributed by atoms with E-state index in [-0.39, 0.29) is 37.5 Å².